The Bertz CT molecular complexity index is 766. The molecule has 0 aromatic carbocycles. The third-order valence-corrected chi connectivity index (χ3v) is 4.65. The number of thiophene rings is 1. The molecule has 3 rings (SSSR count). The summed E-state index contributed by atoms with van der Waals surface area (Å²) in [4.78, 5) is 17.5. The summed E-state index contributed by atoms with van der Waals surface area (Å²) < 4.78 is 5.75. The van der Waals surface area contributed by atoms with Crippen LogP contribution in [-0.4, -0.2) is 17.1 Å². The molecule has 0 saturated carbocycles. The van der Waals surface area contributed by atoms with E-state index in [9.17, 15) is 4.79 Å². The normalized spacial score (nSPS) is 10.6. The molecule has 0 saturated heterocycles. The minimum Gasteiger partial charge on any atom is -0.458 e. The summed E-state index contributed by atoms with van der Waals surface area (Å²) in [5.41, 5.74) is 0.583. The van der Waals surface area contributed by atoms with Gasteiger partial charge in [-0.25, -0.2) is 4.98 Å². The maximum Gasteiger partial charge on any atom is 0.254 e. The van der Waals surface area contributed by atoms with Crippen LogP contribution in [0.25, 0.3) is 10.6 Å². The number of hydrogen-bond donors (Lipinski definition) is 1. The number of thioether (sulfide) groups is 1. The summed E-state index contributed by atoms with van der Waals surface area (Å²) in [7, 11) is 0. The number of carbonyl (C=O) groups is 1. The van der Waals surface area contributed by atoms with E-state index in [1.54, 1.807) is 29.7 Å². The van der Waals surface area contributed by atoms with Crippen molar-refractivity contribution in [1.29, 1.82) is 0 Å². The first kappa shape index (κ1) is 14.9. The van der Waals surface area contributed by atoms with Crippen LogP contribution in [0.3, 0.4) is 0 Å². The van der Waals surface area contributed by atoms with Crippen LogP contribution in [0.2, 0.25) is 0 Å². The van der Waals surface area contributed by atoms with Gasteiger partial charge in [0.1, 0.15) is 16.5 Å². The van der Waals surface area contributed by atoms with Crippen LogP contribution in [-0.2, 0) is 6.54 Å². The topological polar surface area (TPSA) is 55.1 Å². The fourth-order valence-electron chi connectivity index (χ4n) is 2.01. The van der Waals surface area contributed by atoms with Gasteiger partial charge in [-0.05, 0) is 42.0 Å². The molecule has 4 nitrogen and oxygen atoms in total. The van der Waals surface area contributed by atoms with Gasteiger partial charge in [0.2, 0.25) is 0 Å². The van der Waals surface area contributed by atoms with Gasteiger partial charge in [-0.15, -0.1) is 23.1 Å². The number of furan rings is 1. The van der Waals surface area contributed by atoms with E-state index >= 15 is 0 Å². The molecule has 3 aromatic heterocycles. The van der Waals surface area contributed by atoms with Crippen LogP contribution in [0.5, 0.6) is 0 Å². The average molecular weight is 330 g/mol. The molecule has 3 aromatic rings. The summed E-state index contributed by atoms with van der Waals surface area (Å²) in [6.45, 7) is 0.354. The Morgan fingerprint density at radius 3 is 3.00 bits per heavy atom. The Labute approximate surface area is 136 Å². The van der Waals surface area contributed by atoms with Crippen molar-refractivity contribution < 1.29 is 9.21 Å². The van der Waals surface area contributed by atoms with Crippen molar-refractivity contribution in [2.24, 2.45) is 0 Å². The molecule has 0 atom stereocenters. The van der Waals surface area contributed by atoms with Crippen LogP contribution in [0.1, 0.15) is 16.1 Å². The summed E-state index contributed by atoms with van der Waals surface area (Å²) >= 11 is 3.08. The SMILES string of the molecule is CSc1ncccc1C(=O)NCc1ccc(-c2cccs2)o1. The summed E-state index contributed by atoms with van der Waals surface area (Å²) in [6, 6.07) is 11.3. The number of aromatic nitrogens is 1. The smallest absolute Gasteiger partial charge is 0.254 e. The predicted molar refractivity (Wildman–Crippen MR) is 89.2 cm³/mol. The van der Waals surface area contributed by atoms with E-state index in [0.717, 1.165) is 21.4 Å². The molecule has 3 heterocycles. The number of hydrogen-bond acceptors (Lipinski definition) is 5. The van der Waals surface area contributed by atoms with Crippen LogP contribution in [0, 0.1) is 0 Å². The Morgan fingerprint density at radius 2 is 2.23 bits per heavy atom. The van der Waals surface area contributed by atoms with Crippen molar-refractivity contribution >= 4 is 29.0 Å². The molecule has 1 N–H and O–H groups in total. The first-order valence-corrected chi connectivity index (χ1v) is 8.78. The molecule has 0 bridgehead atoms. The van der Waals surface area contributed by atoms with Gasteiger partial charge in [-0.1, -0.05) is 6.07 Å². The molecule has 0 radical (unpaired) electrons. The minimum atomic E-state index is -0.147. The molecule has 0 fully saturated rings. The predicted octanol–water partition coefficient (Wildman–Crippen LogP) is 4.06. The van der Waals surface area contributed by atoms with Crippen molar-refractivity contribution in [3.05, 3.63) is 59.3 Å². The summed E-state index contributed by atoms with van der Waals surface area (Å²) in [5.74, 6) is 1.41. The third-order valence-electron chi connectivity index (χ3n) is 3.06. The zero-order chi connectivity index (χ0) is 15.4. The lowest BCUT2D eigenvalue weighted by Gasteiger charge is -2.06. The molecule has 0 unspecified atom stereocenters. The van der Waals surface area contributed by atoms with E-state index in [-0.39, 0.29) is 5.91 Å². The second-order valence-corrected chi connectivity index (χ2v) is 6.23. The number of rotatable bonds is 5. The lowest BCUT2D eigenvalue weighted by molar-refractivity contribution is 0.0944. The lowest BCUT2D eigenvalue weighted by atomic mass is 10.2. The maximum absolute atomic E-state index is 12.2. The molecule has 112 valence electrons. The Hall–Kier alpha value is -2.05. The molecule has 0 spiro atoms. The second kappa shape index (κ2) is 6.81. The largest absolute Gasteiger partial charge is 0.458 e. The molecule has 6 heteroatoms. The maximum atomic E-state index is 12.2. The molecular weight excluding hydrogens is 316 g/mol. The van der Waals surface area contributed by atoms with Crippen molar-refractivity contribution in [2.75, 3.05) is 6.26 Å². The van der Waals surface area contributed by atoms with E-state index in [0.29, 0.717) is 12.1 Å². The fraction of sp³-hybridized carbons (Fsp3) is 0.125. The van der Waals surface area contributed by atoms with Gasteiger partial charge in [0.25, 0.3) is 5.91 Å². The number of nitrogens with zero attached hydrogens (tertiary/aromatic N) is 1. The molecule has 0 aliphatic carbocycles. The first-order chi connectivity index (χ1) is 10.8. The lowest BCUT2D eigenvalue weighted by Crippen LogP contribution is -2.23. The van der Waals surface area contributed by atoms with Crippen molar-refractivity contribution in [2.45, 2.75) is 11.6 Å². The highest BCUT2D eigenvalue weighted by Crippen LogP contribution is 2.26. The van der Waals surface area contributed by atoms with Gasteiger partial charge in [0, 0.05) is 6.20 Å². The molecular formula is C16H14N2O2S2. The Morgan fingerprint density at radius 1 is 1.32 bits per heavy atom. The van der Waals surface area contributed by atoms with Gasteiger partial charge in [0.05, 0.1) is 17.0 Å². The number of pyridine rings is 1. The van der Waals surface area contributed by atoms with E-state index in [1.165, 1.54) is 11.8 Å². The van der Waals surface area contributed by atoms with Crippen LogP contribution in [0.15, 0.2) is 57.4 Å². The third kappa shape index (κ3) is 3.23. The Balaban J connectivity index is 1.66. The van der Waals surface area contributed by atoms with E-state index < -0.39 is 0 Å². The number of carbonyl (C=O) groups excluding carboxylic acids is 1. The average Bonchev–Trinajstić information content (AvgIpc) is 3.23. The van der Waals surface area contributed by atoms with Gasteiger partial charge in [0.15, 0.2) is 0 Å². The van der Waals surface area contributed by atoms with E-state index in [4.69, 9.17) is 4.42 Å². The van der Waals surface area contributed by atoms with Gasteiger partial charge in [-0.3, -0.25) is 4.79 Å². The number of nitrogens with one attached hydrogen (secondary N) is 1. The van der Waals surface area contributed by atoms with E-state index in [2.05, 4.69) is 10.3 Å². The van der Waals surface area contributed by atoms with Crippen molar-refractivity contribution in [1.82, 2.24) is 10.3 Å². The van der Waals surface area contributed by atoms with Crippen LogP contribution in [0.4, 0.5) is 0 Å². The molecule has 1 amide bonds. The summed E-state index contributed by atoms with van der Waals surface area (Å²) in [5, 5.41) is 5.59. The zero-order valence-electron chi connectivity index (χ0n) is 11.9. The standard InChI is InChI=1S/C16H14N2O2S2/c1-21-16-12(4-2-8-17-16)15(19)18-10-11-6-7-13(20-11)14-5-3-9-22-14/h2-9H,10H2,1H3,(H,18,19). The molecule has 0 aliphatic rings. The number of amides is 1. The van der Waals surface area contributed by atoms with Gasteiger partial charge < -0.3 is 9.73 Å². The zero-order valence-corrected chi connectivity index (χ0v) is 13.5. The fourth-order valence-corrected chi connectivity index (χ4v) is 3.25. The monoisotopic (exact) mass is 330 g/mol. The van der Waals surface area contributed by atoms with Crippen molar-refractivity contribution in [3.8, 4) is 10.6 Å². The first-order valence-electron chi connectivity index (χ1n) is 6.67. The van der Waals surface area contributed by atoms with Crippen molar-refractivity contribution in [3.63, 3.8) is 0 Å². The van der Waals surface area contributed by atoms with Crippen LogP contribution < -0.4 is 5.32 Å². The molecule has 0 aliphatic heterocycles. The Kier molecular flexibility index (Phi) is 4.60. The van der Waals surface area contributed by atoms with Gasteiger partial charge >= 0.3 is 0 Å². The van der Waals surface area contributed by atoms with Gasteiger partial charge in [-0.2, -0.15) is 0 Å². The highest BCUT2D eigenvalue weighted by atomic mass is 32.2. The highest BCUT2D eigenvalue weighted by Gasteiger charge is 2.12. The quantitative estimate of drug-likeness (QED) is 0.717. The highest BCUT2D eigenvalue weighted by molar-refractivity contribution is 7.98. The molecule has 22 heavy (non-hydrogen) atoms. The van der Waals surface area contributed by atoms with E-state index in [1.807, 2.05) is 35.9 Å². The second-order valence-electron chi connectivity index (χ2n) is 4.49. The van der Waals surface area contributed by atoms with Crippen LogP contribution >= 0.6 is 23.1 Å². The summed E-state index contributed by atoms with van der Waals surface area (Å²) in [6.07, 6.45) is 3.58. The minimum absolute atomic E-state index is 0.147.